The number of hydrogen-bond acceptors (Lipinski definition) is 6. The second kappa shape index (κ2) is 10.5. The molecule has 0 saturated carbocycles. The number of H-pyrrole nitrogens is 1. The number of carbonyl (C=O) groups excluding carboxylic acids is 2. The van der Waals surface area contributed by atoms with E-state index in [0.717, 1.165) is 12.1 Å². The van der Waals surface area contributed by atoms with E-state index in [1.165, 1.54) is 0 Å². The predicted octanol–water partition coefficient (Wildman–Crippen LogP) is 3.85. The van der Waals surface area contributed by atoms with E-state index in [1.54, 1.807) is 24.1 Å². The van der Waals surface area contributed by atoms with Crippen LogP contribution >= 0.6 is 0 Å². The lowest BCUT2D eigenvalue weighted by Crippen LogP contribution is -2.44. The molecule has 2 unspecified atom stereocenters. The van der Waals surface area contributed by atoms with Crippen LogP contribution in [0.5, 0.6) is 0 Å². The van der Waals surface area contributed by atoms with Crippen LogP contribution in [0.3, 0.4) is 0 Å². The molecule has 1 aliphatic heterocycles. The highest BCUT2D eigenvalue weighted by molar-refractivity contribution is 6.74. The molecule has 174 valence electrons. The first kappa shape index (κ1) is 25.1. The molecule has 2 heterocycles. The van der Waals surface area contributed by atoms with E-state index in [2.05, 4.69) is 50.4 Å². The maximum Gasteiger partial charge on any atom is 0.410 e. The van der Waals surface area contributed by atoms with Crippen LogP contribution in [0.15, 0.2) is 18.9 Å². The molecule has 2 atom stereocenters. The Balaban J connectivity index is 2.10. The van der Waals surface area contributed by atoms with Gasteiger partial charge in [0.2, 0.25) is 0 Å². The first-order valence-electron chi connectivity index (χ1n) is 10.9. The third-order valence-electron chi connectivity index (χ3n) is 5.96. The minimum atomic E-state index is -1.97. The quantitative estimate of drug-likeness (QED) is 0.348. The Morgan fingerprint density at radius 2 is 2.06 bits per heavy atom. The van der Waals surface area contributed by atoms with Gasteiger partial charge in [-0.15, -0.1) is 0 Å². The van der Waals surface area contributed by atoms with Gasteiger partial charge in [0.1, 0.15) is 18.9 Å². The molecule has 1 fully saturated rings. The number of rotatable bonds is 9. The minimum absolute atomic E-state index is 0.0379. The van der Waals surface area contributed by atoms with Crippen molar-refractivity contribution in [2.24, 2.45) is 0 Å². The van der Waals surface area contributed by atoms with Crippen LogP contribution in [0.25, 0.3) is 0 Å². The summed E-state index contributed by atoms with van der Waals surface area (Å²) < 4.78 is 16.9. The van der Waals surface area contributed by atoms with E-state index in [0.29, 0.717) is 25.4 Å². The molecular formula is C22H37N3O5Si. The molecule has 0 bridgehead atoms. The van der Waals surface area contributed by atoms with Gasteiger partial charge in [0.05, 0.1) is 12.7 Å². The van der Waals surface area contributed by atoms with E-state index in [9.17, 15) is 9.59 Å². The van der Waals surface area contributed by atoms with Gasteiger partial charge in [-0.1, -0.05) is 33.4 Å². The number of likely N-dealkylation sites (tertiary alicyclic amines) is 1. The monoisotopic (exact) mass is 451 g/mol. The molecule has 0 spiro atoms. The standard InChI is InChI=1S/C22H37N3O5Si/c1-8-10-29-21(27)25-15-18(30-31(6,7)22(3,4)5)12-17(25)11-16-14-23-19(24-16)13-20(26)28-9-2/h8,14,17-18H,1,9-13,15H2,2-7H3,(H,23,24). The third-order valence-corrected chi connectivity index (χ3v) is 10.5. The average molecular weight is 452 g/mol. The van der Waals surface area contributed by atoms with Gasteiger partial charge in [0, 0.05) is 30.9 Å². The molecule has 8 nitrogen and oxygen atoms in total. The first-order valence-corrected chi connectivity index (χ1v) is 13.8. The molecular weight excluding hydrogens is 414 g/mol. The van der Waals surface area contributed by atoms with Crippen molar-refractivity contribution in [1.82, 2.24) is 14.9 Å². The number of imidazole rings is 1. The number of aromatic amines is 1. The Bertz CT molecular complexity index is 771. The van der Waals surface area contributed by atoms with Crippen molar-refractivity contribution in [3.05, 3.63) is 30.4 Å². The number of aromatic nitrogens is 2. The van der Waals surface area contributed by atoms with Crippen LogP contribution in [-0.2, 0) is 31.5 Å². The zero-order chi connectivity index (χ0) is 23.2. The molecule has 0 aliphatic carbocycles. The summed E-state index contributed by atoms with van der Waals surface area (Å²) in [5.74, 6) is 0.239. The predicted molar refractivity (Wildman–Crippen MR) is 121 cm³/mol. The van der Waals surface area contributed by atoms with Crippen molar-refractivity contribution in [2.75, 3.05) is 19.8 Å². The number of nitrogens with one attached hydrogen (secondary N) is 1. The van der Waals surface area contributed by atoms with Crippen LogP contribution in [0, 0.1) is 0 Å². The van der Waals surface area contributed by atoms with E-state index in [4.69, 9.17) is 13.9 Å². The zero-order valence-corrected chi connectivity index (χ0v) is 20.7. The topological polar surface area (TPSA) is 93.8 Å². The van der Waals surface area contributed by atoms with Gasteiger partial charge in [0.15, 0.2) is 8.32 Å². The van der Waals surface area contributed by atoms with Gasteiger partial charge in [0.25, 0.3) is 0 Å². The number of nitrogens with zero attached hydrogens (tertiary/aromatic N) is 2. The second-order valence-electron chi connectivity index (χ2n) is 9.45. The lowest BCUT2D eigenvalue weighted by molar-refractivity contribution is -0.142. The maximum absolute atomic E-state index is 12.7. The summed E-state index contributed by atoms with van der Waals surface area (Å²) in [4.78, 5) is 33.6. The van der Waals surface area contributed by atoms with Crippen molar-refractivity contribution >= 4 is 20.4 Å². The summed E-state index contributed by atoms with van der Waals surface area (Å²) >= 11 is 0. The number of hydrogen-bond donors (Lipinski definition) is 1. The lowest BCUT2D eigenvalue weighted by Gasteiger charge is -2.38. The molecule has 1 aromatic heterocycles. The van der Waals surface area contributed by atoms with Crippen LogP contribution in [0.1, 0.15) is 45.6 Å². The fourth-order valence-corrected chi connectivity index (χ4v) is 4.74. The van der Waals surface area contributed by atoms with Crippen LogP contribution in [-0.4, -0.2) is 67.2 Å². The molecule has 1 aliphatic rings. The molecule has 31 heavy (non-hydrogen) atoms. The summed E-state index contributed by atoms with van der Waals surface area (Å²) in [7, 11) is -1.97. The maximum atomic E-state index is 12.7. The Kier molecular flexibility index (Phi) is 8.47. The SMILES string of the molecule is C=CCOC(=O)N1CC(O[Si](C)(C)C(C)(C)C)CC1Cc1cnc(CC(=O)OCC)[nH]1. The smallest absolute Gasteiger partial charge is 0.410 e. The first-order chi connectivity index (χ1) is 14.5. The van der Waals surface area contributed by atoms with Gasteiger partial charge >= 0.3 is 12.1 Å². The van der Waals surface area contributed by atoms with Gasteiger partial charge < -0.3 is 23.8 Å². The summed E-state index contributed by atoms with van der Waals surface area (Å²) in [6.45, 7) is 17.4. The van der Waals surface area contributed by atoms with Crippen molar-refractivity contribution < 1.29 is 23.5 Å². The number of carbonyl (C=O) groups is 2. The molecule has 1 N–H and O–H groups in total. The molecule has 1 aromatic rings. The highest BCUT2D eigenvalue weighted by Gasteiger charge is 2.44. The van der Waals surface area contributed by atoms with Gasteiger partial charge in [-0.25, -0.2) is 9.78 Å². The number of amides is 1. The molecule has 0 radical (unpaired) electrons. The summed E-state index contributed by atoms with van der Waals surface area (Å²) in [5, 5.41) is 0.0879. The van der Waals surface area contributed by atoms with Crippen molar-refractivity contribution in [3.8, 4) is 0 Å². The van der Waals surface area contributed by atoms with E-state index in [1.807, 2.05) is 0 Å². The Labute approximate surface area is 186 Å². The molecule has 0 aromatic carbocycles. The van der Waals surface area contributed by atoms with Gasteiger partial charge in [-0.3, -0.25) is 4.79 Å². The molecule has 1 saturated heterocycles. The average Bonchev–Trinajstić information content (AvgIpc) is 3.25. The Morgan fingerprint density at radius 1 is 1.35 bits per heavy atom. The summed E-state index contributed by atoms with van der Waals surface area (Å²) in [5.41, 5.74) is 0.860. The van der Waals surface area contributed by atoms with E-state index < -0.39 is 8.32 Å². The van der Waals surface area contributed by atoms with E-state index >= 15 is 0 Å². The molecule has 2 rings (SSSR count). The van der Waals surface area contributed by atoms with E-state index in [-0.39, 0.29) is 42.3 Å². The highest BCUT2D eigenvalue weighted by atomic mass is 28.4. The van der Waals surface area contributed by atoms with Crippen LogP contribution in [0.4, 0.5) is 4.79 Å². The van der Waals surface area contributed by atoms with Crippen molar-refractivity contribution in [2.45, 2.75) is 77.2 Å². The molecule has 1 amide bonds. The summed E-state index contributed by atoms with van der Waals surface area (Å²) in [6.07, 6.45) is 4.27. The fourth-order valence-electron chi connectivity index (χ4n) is 3.38. The minimum Gasteiger partial charge on any atom is -0.466 e. The van der Waals surface area contributed by atoms with Crippen molar-refractivity contribution in [3.63, 3.8) is 0 Å². The lowest BCUT2D eigenvalue weighted by atomic mass is 10.1. The number of esters is 1. The zero-order valence-electron chi connectivity index (χ0n) is 19.7. The van der Waals surface area contributed by atoms with Crippen LogP contribution in [0.2, 0.25) is 18.1 Å². The normalized spacial score (nSPS) is 19.4. The van der Waals surface area contributed by atoms with Crippen LogP contribution < -0.4 is 0 Å². The highest BCUT2D eigenvalue weighted by Crippen LogP contribution is 2.39. The Morgan fingerprint density at radius 3 is 2.68 bits per heavy atom. The second-order valence-corrected chi connectivity index (χ2v) is 14.2. The fraction of sp³-hybridized carbons (Fsp3) is 0.682. The molecule has 9 heteroatoms. The van der Waals surface area contributed by atoms with Gasteiger partial charge in [-0.2, -0.15) is 0 Å². The third kappa shape index (κ3) is 6.93. The Hall–Kier alpha value is -2.13. The largest absolute Gasteiger partial charge is 0.466 e. The van der Waals surface area contributed by atoms with Gasteiger partial charge in [-0.05, 0) is 31.5 Å². The summed E-state index contributed by atoms with van der Waals surface area (Å²) in [6, 6.07) is -0.0806. The van der Waals surface area contributed by atoms with Crippen molar-refractivity contribution in [1.29, 1.82) is 0 Å². The number of ether oxygens (including phenoxy) is 2.